The van der Waals surface area contributed by atoms with E-state index in [0.29, 0.717) is 5.41 Å². The molecule has 0 spiro atoms. The largest absolute Gasteiger partial charge is 0.311 e. The van der Waals surface area contributed by atoms with Gasteiger partial charge in [-0.2, -0.15) is 5.10 Å². The van der Waals surface area contributed by atoms with E-state index in [0.717, 1.165) is 35.9 Å². The van der Waals surface area contributed by atoms with Crippen molar-refractivity contribution in [1.29, 1.82) is 0 Å². The van der Waals surface area contributed by atoms with Crippen LogP contribution in [0.4, 0.5) is 0 Å². The van der Waals surface area contributed by atoms with Gasteiger partial charge in [-0.1, -0.05) is 32.4 Å². The van der Waals surface area contributed by atoms with Crippen LogP contribution in [0.15, 0.2) is 0 Å². The van der Waals surface area contributed by atoms with E-state index >= 15 is 0 Å². The molecule has 0 aliphatic carbocycles. The molecule has 0 aliphatic heterocycles. The molecule has 0 bridgehead atoms. The summed E-state index contributed by atoms with van der Waals surface area (Å²) in [4.78, 5) is 0. The van der Waals surface area contributed by atoms with Crippen molar-refractivity contribution in [3.63, 3.8) is 0 Å². The number of aromatic nitrogens is 2. The maximum absolute atomic E-state index is 6.16. The lowest BCUT2D eigenvalue weighted by molar-refractivity contribution is 0.365. The summed E-state index contributed by atoms with van der Waals surface area (Å²) in [6.45, 7) is 10.5. The van der Waals surface area contributed by atoms with Crippen LogP contribution in [0.1, 0.15) is 38.6 Å². The fourth-order valence-corrected chi connectivity index (χ4v) is 1.77. The second-order valence-corrected chi connectivity index (χ2v) is 5.84. The summed E-state index contributed by atoms with van der Waals surface area (Å²) >= 11 is 6.16. The van der Waals surface area contributed by atoms with Crippen molar-refractivity contribution in [3.05, 3.63) is 16.4 Å². The maximum Gasteiger partial charge on any atom is 0.0860 e. The smallest absolute Gasteiger partial charge is 0.0860 e. The Bertz CT molecular complexity index is 350. The first-order chi connectivity index (χ1) is 7.31. The molecular weight excluding hydrogens is 222 g/mol. The van der Waals surface area contributed by atoms with Gasteiger partial charge in [-0.3, -0.25) is 4.68 Å². The monoisotopic (exact) mass is 243 g/mol. The number of hydrogen-bond acceptors (Lipinski definition) is 2. The Morgan fingerprint density at radius 3 is 2.44 bits per heavy atom. The Balaban J connectivity index is 2.43. The SMILES string of the molecule is Cc1nn(C)c(CNCCC(C)(C)C)c1Cl. The Morgan fingerprint density at radius 2 is 2.00 bits per heavy atom. The molecule has 16 heavy (non-hydrogen) atoms. The fourth-order valence-electron chi connectivity index (χ4n) is 1.54. The summed E-state index contributed by atoms with van der Waals surface area (Å²) in [5.41, 5.74) is 2.34. The first kappa shape index (κ1) is 13.5. The molecule has 3 nitrogen and oxygen atoms in total. The molecule has 0 aliphatic rings. The standard InChI is InChI=1S/C12H22ClN3/c1-9-11(13)10(16(5)15-9)8-14-7-6-12(2,3)4/h14H,6-8H2,1-5H3. The molecule has 0 saturated heterocycles. The zero-order valence-electron chi connectivity index (χ0n) is 10.9. The van der Waals surface area contributed by atoms with Crippen LogP contribution >= 0.6 is 11.6 Å². The predicted octanol–water partition coefficient (Wildman–Crippen LogP) is 2.91. The third-order valence-electron chi connectivity index (χ3n) is 2.61. The minimum absolute atomic E-state index is 0.374. The first-order valence-corrected chi connectivity index (χ1v) is 6.08. The fraction of sp³-hybridized carbons (Fsp3) is 0.750. The summed E-state index contributed by atoms with van der Waals surface area (Å²) in [6.07, 6.45) is 1.15. The summed E-state index contributed by atoms with van der Waals surface area (Å²) in [7, 11) is 1.93. The average molecular weight is 244 g/mol. The van der Waals surface area contributed by atoms with Crippen LogP contribution in [0.25, 0.3) is 0 Å². The molecular formula is C12H22ClN3. The Morgan fingerprint density at radius 1 is 1.38 bits per heavy atom. The van der Waals surface area contributed by atoms with Crippen LogP contribution < -0.4 is 5.32 Å². The minimum atomic E-state index is 0.374. The van der Waals surface area contributed by atoms with E-state index in [2.05, 4.69) is 31.2 Å². The van der Waals surface area contributed by atoms with Gasteiger partial charge in [-0.15, -0.1) is 0 Å². The van der Waals surface area contributed by atoms with Crippen LogP contribution in [0.5, 0.6) is 0 Å². The number of aryl methyl sites for hydroxylation is 2. The number of nitrogens with one attached hydrogen (secondary N) is 1. The van der Waals surface area contributed by atoms with Crippen LogP contribution in [0, 0.1) is 12.3 Å². The molecule has 1 aromatic rings. The second-order valence-electron chi connectivity index (χ2n) is 5.46. The van der Waals surface area contributed by atoms with Gasteiger partial charge in [0.05, 0.1) is 16.4 Å². The minimum Gasteiger partial charge on any atom is -0.311 e. The lowest BCUT2D eigenvalue weighted by atomic mass is 9.92. The van der Waals surface area contributed by atoms with Gasteiger partial charge in [0.2, 0.25) is 0 Å². The molecule has 1 rings (SSSR count). The van der Waals surface area contributed by atoms with Gasteiger partial charge < -0.3 is 5.32 Å². The van der Waals surface area contributed by atoms with Gasteiger partial charge in [-0.25, -0.2) is 0 Å². The molecule has 0 saturated carbocycles. The molecule has 0 fully saturated rings. The lowest BCUT2D eigenvalue weighted by Crippen LogP contribution is -2.21. The molecule has 0 amide bonds. The molecule has 0 aromatic carbocycles. The highest BCUT2D eigenvalue weighted by atomic mass is 35.5. The highest BCUT2D eigenvalue weighted by Gasteiger charge is 2.12. The van der Waals surface area contributed by atoms with Crippen LogP contribution in [-0.2, 0) is 13.6 Å². The van der Waals surface area contributed by atoms with E-state index in [9.17, 15) is 0 Å². The van der Waals surface area contributed by atoms with E-state index in [1.54, 1.807) is 0 Å². The van der Waals surface area contributed by atoms with Gasteiger partial charge in [-0.05, 0) is 25.3 Å². The van der Waals surface area contributed by atoms with Crippen molar-refractivity contribution in [2.75, 3.05) is 6.54 Å². The summed E-state index contributed by atoms with van der Waals surface area (Å²) in [5, 5.41) is 8.47. The summed E-state index contributed by atoms with van der Waals surface area (Å²) < 4.78 is 1.85. The van der Waals surface area contributed by atoms with Gasteiger partial charge in [0.25, 0.3) is 0 Å². The van der Waals surface area contributed by atoms with E-state index < -0.39 is 0 Å². The van der Waals surface area contributed by atoms with E-state index in [4.69, 9.17) is 11.6 Å². The summed E-state index contributed by atoms with van der Waals surface area (Å²) in [6, 6.07) is 0. The number of rotatable bonds is 4. The molecule has 1 heterocycles. The van der Waals surface area contributed by atoms with Crippen molar-refractivity contribution >= 4 is 11.6 Å². The van der Waals surface area contributed by atoms with Gasteiger partial charge in [0, 0.05) is 13.6 Å². The molecule has 0 unspecified atom stereocenters. The Hall–Kier alpha value is -0.540. The van der Waals surface area contributed by atoms with Crippen molar-refractivity contribution in [2.45, 2.75) is 40.7 Å². The molecule has 0 radical (unpaired) electrons. The van der Waals surface area contributed by atoms with Gasteiger partial charge >= 0.3 is 0 Å². The molecule has 1 N–H and O–H groups in total. The van der Waals surface area contributed by atoms with Gasteiger partial charge in [0.15, 0.2) is 0 Å². The van der Waals surface area contributed by atoms with Gasteiger partial charge in [0.1, 0.15) is 0 Å². The van der Waals surface area contributed by atoms with E-state index in [1.807, 2.05) is 18.7 Å². The molecule has 0 atom stereocenters. The lowest BCUT2D eigenvalue weighted by Gasteiger charge is -2.18. The zero-order valence-corrected chi connectivity index (χ0v) is 11.6. The van der Waals surface area contributed by atoms with Crippen LogP contribution in [-0.4, -0.2) is 16.3 Å². The average Bonchev–Trinajstić information content (AvgIpc) is 2.36. The highest BCUT2D eigenvalue weighted by Crippen LogP contribution is 2.20. The maximum atomic E-state index is 6.16. The molecule has 1 aromatic heterocycles. The van der Waals surface area contributed by atoms with Crippen molar-refractivity contribution in [1.82, 2.24) is 15.1 Å². The molecule has 92 valence electrons. The zero-order chi connectivity index (χ0) is 12.3. The molecule has 4 heteroatoms. The topological polar surface area (TPSA) is 29.9 Å². The summed E-state index contributed by atoms with van der Waals surface area (Å²) in [5.74, 6) is 0. The predicted molar refractivity (Wildman–Crippen MR) is 68.7 cm³/mol. The Kier molecular flexibility index (Phi) is 4.39. The number of nitrogens with zero attached hydrogens (tertiary/aromatic N) is 2. The van der Waals surface area contributed by atoms with Crippen molar-refractivity contribution in [3.8, 4) is 0 Å². The first-order valence-electron chi connectivity index (χ1n) is 5.70. The van der Waals surface area contributed by atoms with E-state index in [1.165, 1.54) is 0 Å². The van der Waals surface area contributed by atoms with E-state index in [-0.39, 0.29) is 0 Å². The number of hydrogen-bond donors (Lipinski definition) is 1. The third kappa shape index (κ3) is 3.80. The third-order valence-corrected chi connectivity index (χ3v) is 3.10. The second kappa shape index (κ2) is 5.19. The highest BCUT2D eigenvalue weighted by molar-refractivity contribution is 6.31. The van der Waals surface area contributed by atoms with Crippen LogP contribution in [0.2, 0.25) is 5.02 Å². The Labute approximate surface area is 103 Å². The normalized spacial score (nSPS) is 12.1. The quantitative estimate of drug-likeness (QED) is 0.825. The van der Waals surface area contributed by atoms with Crippen molar-refractivity contribution in [2.24, 2.45) is 12.5 Å². The van der Waals surface area contributed by atoms with Crippen molar-refractivity contribution < 1.29 is 0 Å². The van der Waals surface area contributed by atoms with Crippen LogP contribution in [0.3, 0.4) is 0 Å². The number of halogens is 1.